The summed E-state index contributed by atoms with van der Waals surface area (Å²) in [4.78, 5) is 18.5. The zero-order chi connectivity index (χ0) is 15.1. The van der Waals surface area contributed by atoms with Crippen molar-refractivity contribution in [1.82, 2.24) is 10.3 Å². The fourth-order valence-electron chi connectivity index (χ4n) is 3.11. The number of carbonyl (C=O) groups is 1. The third-order valence-corrected chi connectivity index (χ3v) is 4.22. The molecule has 4 nitrogen and oxygen atoms in total. The Morgan fingerprint density at radius 1 is 1.38 bits per heavy atom. The molecule has 1 unspecified atom stereocenters. The number of hydrogen-bond donors (Lipinski definition) is 1. The van der Waals surface area contributed by atoms with Crippen LogP contribution in [0, 0.1) is 5.92 Å². The lowest BCUT2D eigenvalue weighted by molar-refractivity contribution is 0.0951. The van der Waals surface area contributed by atoms with Gasteiger partial charge in [0.05, 0.1) is 0 Å². The SMILES string of the molecule is CCCC1CCCN(c2ccnc(C(=O)NCC)c2)CC1. The van der Waals surface area contributed by atoms with E-state index >= 15 is 0 Å². The van der Waals surface area contributed by atoms with Crippen LogP contribution in [-0.2, 0) is 0 Å². The van der Waals surface area contributed by atoms with Crippen LogP contribution in [0.2, 0.25) is 0 Å². The van der Waals surface area contributed by atoms with E-state index in [-0.39, 0.29) is 5.91 Å². The van der Waals surface area contributed by atoms with Crippen molar-refractivity contribution < 1.29 is 4.79 Å². The first-order valence-electron chi connectivity index (χ1n) is 8.23. The van der Waals surface area contributed by atoms with Crippen LogP contribution >= 0.6 is 0 Å². The Hall–Kier alpha value is -1.58. The van der Waals surface area contributed by atoms with Crippen LogP contribution in [0.3, 0.4) is 0 Å². The molecule has 1 fully saturated rings. The molecule has 4 heteroatoms. The van der Waals surface area contributed by atoms with Crippen molar-refractivity contribution in [3.63, 3.8) is 0 Å². The highest BCUT2D eigenvalue weighted by atomic mass is 16.1. The standard InChI is InChI=1S/C17H27N3O/c1-3-6-14-7-5-11-20(12-9-14)15-8-10-19-16(13-15)17(21)18-4-2/h8,10,13-14H,3-7,9,11-12H2,1-2H3,(H,18,21). The summed E-state index contributed by atoms with van der Waals surface area (Å²) in [6.45, 7) is 6.99. The number of hydrogen-bond acceptors (Lipinski definition) is 3. The second-order valence-corrected chi connectivity index (χ2v) is 5.83. The molecule has 0 saturated carbocycles. The zero-order valence-electron chi connectivity index (χ0n) is 13.3. The maximum atomic E-state index is 11.9. The molecule has 1 saturated heterocycles. The molecule has 1 atom stereocenters. The Bertz CT molecular complexity index is 461. The highest BCUT2D eigenvalue weighted by Gasteiger charge is 2.17. The molecule has 1 aliphatic heterocycles. The van der Waals surface area contributed by atoms with Crippen molar-refractivity contribution in [1.29, 1.82) is 0 Å². The van der Waals surface area contributed by atoms with Gasteiger partial charge < -0.3 is 10.2 Å². The van der Waals surface area contributed by atoms with Gasteiger partial charge in [-0.1, -0.05) is 19.8 Å². The minimum absolute atomic E-state index is 0.0852. The Morgan fingerprint density at radius 3 is 3.00 bits per heavy atom. The Kier molecular flexibility index (Phi) is 6.03. The summed E-state index contributed by atoms with van der Waals surface area (Å²) in [5, 5.41) is 2.81. The molecule has 1 N–H and O–H groups in total. The molecule has 0 aliphatic carbocycles. The van der Waals surface area contributed by atoms with Gasteiger partial charge in [-0.15, -0.1) is 0 Å². The Balaban J connectivity index is 2.04. The molecular formula is C17H27N3O. The highest BCUT2D eigenvalue weighted by Crippen LogP contribution is 2.25. The van der Waals surface area contributed by atoms with Crippen molar-refractivity contribution >= 4 is 11.6 Å². The molecule has 116 valence electrons. The highest BCUT2D eigenvalue weighted by molar-refractivity contribution is 5.93. The van der Waals surface area contributed by atoms with Gasteiger partial charge in [0, 0.05) is 31.5 Å². The topological polar surface area (TPSA) is 45.2 Å². The average Bonchev–Trinajstić information content (AvgIpc) is 2.74. The van der Waals surface area contributed by atoms with Gasteiger partial charge in [0.15, 0.2) is 0 Å². The number of anilines is 1. The quantitative estimate of drug-likeness (QED) is 0.905. The molecule has 0 aromatic carbocycles. The Morgan fingerprint density at radius 2 is 2.24 bits per heavy atom. The summed E-state index contributed by atoms with van der Waals surface area (Å²) < 4.78 is 0. The van der Waals surface area contributed by atoms with Crippen molar-refractivity contribution in [3.05, 3.63) is 24.0 Å². The predicted molar refractivity (Wildman–Crippen MR) is 86.7 cm³/mol. The molecule has 1 aromatic heterocycles. The van der Waals surface area contributed by atoms with Gasteiger partial charge in [-0.3, -0.25) is 9.78 Å². The van der Waals surface area contributed by atoms with Crippen LogP contribution in [-0.4, -0.2) is 30.5 Å². The van der Waals surface area contributed by atoms with Crippen LogP contribution in [0.5, 0.6) is 0 Å². The first kappa shape index (κ1) is 15.8. The summed E-state index contributed by atoms with van der Waals surface area (Å²) in [6, 6.07) is 3.94. The van der Waals surface area contributed by atoms with Crippen LogP contribution in [0.4, 0.5) is 5.69 Å². The largest absolute Gasteiger partial charge is 0.371 e. The van der Waals surface area contributed by atoms with E-state index in [1.54, 1.807) is 6.20 Å². The van der Waals surface area contributed by atoms with E-state index < -0.39 is 0 Å². The van der Waals surface area contributed by atoms with Crippen molar-refractivity contribution in [2.75, 3.05) is 24.5 Å². The maximum Gasteiger partial charge on any atom is 0.269 e. The second kappa shape index (κ2) is 8.01. The Labute approximate surface area is 127 Å². The normalized spacial score (nSPS) is 19.1. The zero-order valence-corrected chi connectivity index (χ0v) is 13.3. The molecule has 1 aromatic rings. The third-order valence-electron chi connectivity index (χ3n) is 4.22. The van der Waals surface area contributed by atoms with Crippen molar-refractivity contribution in [3.8, 4) is 0 Å². The van der Waals surface area contributed by atoms with Gasteiger partial charge in [-0.05, 0) is 44.2 Å². The van der Waals surface area contributed by atoms with E-state index in [9.17, 15) is 4.79 Å². The number of rotatable bonds is 5. The first-order chi connectivity index (χ1) is 10.2. The number of pyridine rings is 1. The molecule has 0 bridgehead atoms. The van der Waals surface area contributed by atoms with E-state index in [4.69, 9.17) is 0 Å². The van der Waals surface area contributed by atoms with Gasteiger partial charge in [-0.2, -0.15) is 0 Å². The van der Waals surface area contributed by atoms with Crippen LogP contribution in [0.25, 0.3) is 0 Å². The molecule has 2 rings (SSSR count). The van der Waals surface area contributed by atoms with Gasteiger partial charge in [0.1, 0.15) is 5.69 Å². The van der Waals surface area contributed by atoms with Crippen LogP contribution < -0.4 is 10.2 Å². The number of amides is 1. The molecular weight excluding hydrogens is 262 g/mol. The number of nitrogens with one attached hydrogen (secondary N) is 1. The van der Waals surface area contributed by atoms with Crippen LogP contribution in [0.15, 0.2) is 18.3 Å². The summed E-state index contributed by atoms with van der Waals surface area (Å²) in [5.41, 5.74) is 1.65. The first-order valence-corrected chi connectivity index (χ1v) is 8.23. The monoisotopic (exact) mass is 289 g/mol. The second-order valence-electron chi connectivity index (χ2n) is 5.83. The lowest BCUT2D eigenvalue weighted by Gasteiger charge is -2.23. The van der Waals surface area contributed by atoms with E-state index in [0.717, 1.165) is 24.7 Å². The molecule has 1 amide bonds. The maximum absolute atomic E-state index is 11.9. The number of carbonyl (C=O) groups excluding carboxylic acids is 1. The summed E-state index contributed by atoms with van der Waals surface area (Å²) in [5.74, 6) is 0.780. The lowest BCUT2D eigenvalue weighted by atomic mass is 9.96. The summed E-state index contributed by atoms with van der Waals surface area (Å²) in [7, 11) is 0. The van der Waals surface area contributed by atoms with Gasteiger partial charge >= 0.3 is 0 Å². The molecule has 21 heavy (non-hydrogen) atoms. The van der Waals surface area contributed by atoms with Crippen molar-refractivity contribution in [2.45, 2.75) is 46.0 Å². The van der Waals surface area contributed by atoms with Crippen LogP contribution in [0.1, 0.15) is 56.4 Å². The number of aromatic nitrogens is 1. The third kappa shape index (κ3) is 4.45. The van der Waals surface area contributed by atoms with Gasteiger partial charge in [-0.25, -0.2) is 0 Å². The smallest absolute Gasteiger partial charge is 0.269 e. The molecule has 1 aliphatic rings. The summed E-state index contributed by atoms with van der Waals surface area (Å²) >= 11 is 0. The minimum atomic E-state index is -0.0852. The molecule has 0 radical (unpaired) electrons. The fraction of sp³-hybridized carbons (Fsp3) is 0.647. The van der Waals surface area contributed by atoms with Gasteiger partial charge in [0.2, 0.25) is 0 Å². The van der Waals surface area contributed by atoms with E-state index in [2.05, 4.69) is 22.1 Å². The van der Waals surface area contributed by atoms with Crippen molar-refractivity contribution in [2.24, 2.45) is 5.92 Å². The van der Waals surface area contributed by atoms with Gasteiger partial charge in [0.25, 0.3) is 5.91 Å². The summed E-state index contributed by atoms with van der Waals surface area (Å²) in [6.07, 6.45) is 8.19. The average molecular weight is 289 g/mol. The van der Waals surface area contributed by atoms with E-state index in [1.807, 2.05) is 19.1 Å². The van der Waals surface area contributed by atoms with E-state index in [0.29, 0.717) is 12.2 Å². The molecule has 2 heterocycles. The lowest BCUT2D eigenvalue weighted by Crippen LogP contribution is -2.26. The fourth-order valence-corrected chi connectivity index (χ4v) is 3.11. The number of nitrogens with zero attached hydrogens (tertiary/aromatic N) is 2. The predicted octanol–water partition coefficient (Wildman–Crippen LogP) is 3.24. The molecule has 0 spiro atoms. The minimum Gasteiger partial charge on any atom is -0.371 e. The van der Waals surface area contributed by atoms with E-state index in [1.165, 1.54) is 32.1 Å².